The molecule has 0 saturated carbocycles. The van der Waals surface area contributed by atoms with Crippen molar-refractivity contribution in [2.45, 2.75) is 66.4 Å². The van der Waals surface area contributed by atoms with Gasteiger partial charge in [0, 0.05) is 10.9 Å². The minimum Gasteiger partial charge on any atom is -0.458 e. The summed E-state index contributed by atoms with van der Waals surface area (Å²) in [4.78, 5) is 0. The van der Waals surface area contributed by atoms with Gasteiger partial charge >= 0.3 is 0 Å². The number of aliphatic hydroxyl groups is 1. The first-order chi connectivity index (χ1) is 9.54. The fourth-order valence-corrected chi connectivity index (χ4v) is 2.56. The van der Waals surface area contributed by atoms with Gasteiger partial charge in [0.15, 0.2) is 0 Å². The van der Waals surface area contributed by atoms with Gasteiger partial charge in [-0.25, -0.2) is 0 Å². The highest BCUT2D eigenvalue weighted by molar-refractivity contribution is 5.83. The second kappa shape index (κ2) is 5.17. The Balaban J connectivity index is 2.67. The zero-order valence-electron chi connectivity index (χ0n) is 14.4. The van der Waals surface area contributed by atoms with E-state index in [1.54, 1.807) is 0 Å². The lowest BCUT2D eigenvalue weighted by atomic mass is 9.84. The molecule has 1 N–H and O–H groups in total. The summed E-state index contributed by atoms with van der Waals surface area (Å²) < 4.78 is 6.06. The molecule has 1 aromatic carbocycles. The summed E-state index contributed by atoms with van der Waals surface area (Å²) in [5.41, 5.74) is 3.22. The van der Waals surface area contributed by atoms with Crippen molar-refractivity contribution in [3.05, 3.63) is 35.1 Å². The Morgan fingerprint density at radius 3 is 2.14 bits per heavy atom. The van der Waals surface area contributed by atoms with Gasteiger partial charge in [0.1, 0.15) is 17.4 Å². The quantitative estimate of drug-likeness (QED) is 0.805. The fraction of sp³-hybridized carbons (Fsp3) is 0.579. The molecule has 0 spiro atoms. The molecule has 2 heteroatoms. The average Bonchev–Trinajstić information content (AvgIpc) is 2.77. The first-order valence-electron chi connectivity index (χ1n) is 7.79. The lowest BCUT2D eigenvalue weighted by molar-refractivity contribution is 0.0447. The SMILES string of the molecule is CCc1cc(C(C)(C)C)c2oc(C(O)C(C)(C)C)cc2c1. The van der Waals surface area contributed by atoms with Crippen molar-refractivity contribution in [3.63, 3.8) is 0 Å². The van der Waals surface area contributed by atoms with Crippen molar-refractivity contribution in [2.24, 2.45) is 5.41 Å². The average molecular weight is 288 g/mol. The van der Waals surface area contributed by atoms with Crippen LogP contribution in [-0.2, 0) is 11.8 Å². The van der Waals surface area contributed by atoms with Crippen LogP contribution in [0.4, 0.5) is 0 Å². The Hall–Kier alpha value is -1.28. The van der Waals surface area contributed by atoms with Crippen LogP contribution in [0.15, 0.2) is 22.6 Å². The van der Waals surface area contributed by atoms with Crippen LogP contribution in [0.25, 0.3) is 11.0 Å². The summed E-state index contributed by atoms with van der Waals surface area (Å²) in [5.74, 6) is 0.663. The molecule has 2 nitrogen and oxygen atoms in total. The van der Waals surface area contributed by atoms with E-state index in [1.807, 2.05) is 26.8 Å². The molecule has 0 bridgehead atoms. The van der Waals surface area contributed by atoms with Crippen LogP contribution < -0.4 is 0 Å². The van der Waals surface area contributed by atoms with Gasteiger partial charge in [0.2, 0.25) is 0 Å². The monoisotopic (exact) mass is 288 g/mol. The van der Waals surface area contributed by atoms with Crippen molar-refractivity contribution in [1.82, 2.24) is 0 Å². The van der Waals surface area contributed by atoms with Gasteiger partial charge in [0.05, 0.1) is 0 Å². The Labute approximate surface area is 128 Å². The largest absolute Gasteiger partial charge is 0.458 e. The van der Waals surface area contributed by atoms with Crippen LogP contribution in [0.2, 0.25) is 0 Å². The second-order valence-corrected chi connectivity index (χ2v) is 8.08. The number of fused-ring (bicyclic) bond motifs is 1. The molecule has 116 valence electrons. The third kappa shape index (κ3) is 3.16. The molecule has 1 atom stereocenters. The third-order valence-corrected chi connectivity index (χ3v) is 4.00. The lowest BCUT2D eigenvalue weighted by Crippen LogP contribution is -2.17. The highest BCUT2D eigenvalue weighted by Crippen LogP contribution is 2.39. The molecule has 0 aliphatic carbocycles. The third-order valence-electron chi connectivity index (χ3n) is 4.00. The first kappa shape index (κ1) is 16.1. The Morgan fingerprint density at radius 1 is 1.05 bits per heavy atom. The van der Waals surface area contributed by atoms with E-state index in [4.69, 9.17) is 4.42 Å². The standard InChI is InChI=1S/C19H28O2/c1-8-12-9-13-11-15(17(20)19(5,6)7)21-16(13)14(10-12)18(2,3)4/h9-11,17,20H,8H2,1-7H3. The number of hydrogen-bond donors (Lipinski definition) is 1. The Morgan fingerprint density at radius 2 is 1.67 bits per heavy atom. The summed E-state index contributed by atoms with van der Waals surface area (Å²) in [7, 11) is 0. The molecule has 0 aliphatic heterocycles. The zero-order valence-corrected chi connectivity index (χ0v) is 14.4. The molecule has 1 aromatic heterocycles. The molecule has 1 heterocycles. The summed E-state index contributed by atoms with van der Waals surface area (Å²) in [6.45, 7) is 14.8. The smallest absolute Gasteiger partial charge is 0.138 e. The zero-order chi connectivity index (χ0) is 16.0. The van der Waals surface area contributed by atoms with Gasteiger partial charge in [-0.15, -0.1) is 0 Å². The van der Waals surface area contributed by atoms with E-state index in [-0.39, 0.29) is 10.8 Å². The van der Waals surface area contributed by atoms with E-state index < -0.39 is 6.10 Å². The minimum atomic E-state index is -0.595. The number of aryl methyl sites for hydroxylation is 1. The number of furan rings is 1. The van der Waals surface area contributed by atoms with E-state index in [0.717, 1.165) is 17.4 Å². The summed E-state index contributed by atoms with van der Waals surface area (Å²) in [6.07, 6.45) is 0.407. The predicted octanol–water partition coefficient (Wildman–Crippen LogP) is 5.37. The molecule has 0 radical (unpaired) electrons. The van der Waals surface area contributed by atoms with Gasteiger partial charge in [0.25, 0.3) is 0 Å². The van der Waals surface area contributed by atoms with E-state index in [0.29, 0.717) is 5.76 Å². The molecular formula is C19H28O2. The van der Waals surface area contributed by atoms with Gasteiger partial charge in [-0.3, -0.25) is 0 Å². The molecule has 21 heavy (non-hydrogen) atoms. The topological polar surface area (TPSA) is 33.4 Å². The minimum absolute atomic E-state index is 0.0191. The van der Waals surface area contributed by atoms with Crippen LogP contribution in [-0.4, -0.2) is 5.11 Å². The second-order valence-electron chi connectivity index (χ2n) is 8.08. The van der Waals surface area contributed by atoms with Crippen molar-refractivity contribution < 1.29 is 9.52 Å². The molecule has 0 saturated heterocycles. The summed E-state index contributed by atoms with van der Waals surface area (Å²) in [5, 5.41) is 11.6. The van der Waals surface area contributed by atoms with Crippen LogP contribution in [0.1, 0.15) is 71.5 Å². The molecule has 2 aromatic rings. The molecular weight excluding hydrogens is 260 g/mol. The van der Waals surface area contributed by atoms with E-state index in [1.165, 1.54) is 11.1 Å². The molecule has 0 aliphatic rings. The van der Waals surface area contributed by atoms with Crippen molar-refractivity contribution in [3.8, 4) is 0 Å². The normalized spacial score (nSPS) is 14.7. The number of aliphatic hydroxyl groups excluding tert-OH is 1. The summed E-state index contributed by atoms with van der Waals surface area (Å²) >= 11 is 0. The Bertz CT molecular complexity index is 636. The maximum atomic E-state index is 10.5. The van der Waals surface area contributed by atoms with Crippen molar-refractivity contribution in [2.75, 3.05) is 0 Å². The van der Waals surface area contributed by atoms with Crippen molar-refractivity contribution >= 4 is 11.0 Å². The van der Waals surface area contributed by atoms with Crippen LogP contribution >= 0.6 is 0 Å². The molecule has 0 amide bonds. The van der Waals surface area contributed by atoms with Gasteiger partial charge in [-0.2, -0.15) is 0 Å². The maximum absolute atomic E-state index is 10.5. The van der Waals surface area contributed by atoms with Crippen molar-refractivity contribution in [1.29, 1.82) is 0 Å². The Kier molecular flexibility index (Phi) is 3.96. The number of benzene rings is 1. The van der Waals surface area contributed by atoms with E-state index in [9.17, 15) is 5.11 Å². The van der Waals surface area contributed by atoms with Gasteiger partial charge in [-0.05, 0) is 34.9 Å². The van der Waals surface area contributed by atoms with Crippen LogP contribution in [0, 0.1) is 5.41 Å². The predicted molar refractivity (Wildman–Crippen MR) is 88.7 cm³/mol. The highest BCUT2D eigenvalue weighted by atomic mass is 16.4. The number of rotatable bonds is 2. The lowest BCUT2D eigenvalue weighted by Gasteiger charge is -2.24. The molecule has 1 unspecified atom stereocenters. The highest BCUT2D eigenvalue weighted by Gasteiger charge is 2.28. The van der Waals surface area contributed by atoms with E-state index >= 15 is 0 Å². The summed E-state index contributed by atoms with van der Waals surface area (Å²) in [6, 6.07) is 6.41. The molecule has 0 fully saturated rings. The van der Waals surface area contributed by atoms with E-state index in [2.05, 4.69) is 39.8 Å². The van der Waals surface area contributed by atoms with Gasteiger partial charge < -0.3 is 9.52 Å². The first-order valence-corrected chi connectivity index (χ1v) is 7.79. The van der Waals surface area contributed by atoms with Crippen LogP contribution in [0.5, 0.6) is 0 Å². The molecule has 2 rings (SSSR count). The van der Waals surface area contributed by atoms with Crippen LogP contribution in [0.3, 0.4) is 0 Å². The number of hydrogen-bond acceptors (Lipinski definition) is 2. The maximum Gasteiger partial charge on any atom is 0.138 e. The van der Waals surface area contributed by atoms with Gasteiger partial charge in [-0.1, -0.05) is 54.5 Å². The fourth-order valence-electron chi connectivity index (χ4n) is 2.56.